The summed E-state index contributed by atoms with van der Waals surface area (Å²) in [5.41, 5.74) is -0.237. The molecule has 0 aromatic heterocycles. The molecule has 0 atom stereocenters. The van der Waals surface area contributed by atoms with Gasteiger partial charge in [0.25, 0.3) is 0 Å². The SMILES string of the molecule is O=C(OCCCCCOC(=O)c1cc(O)c(O)c(O)c1)c1cc(O)c(O)c(O)c1. The highest BCUT2D eigenvalue weighted by atomic mass is 16.5. The number of benzene rings is 2. The molecule has 29 heavy (non-hydrogen) atoms. The van der Waals surface area contributed by atoms with E-state index in [1.165, 1.54) is 0 Å². The molecule has 0 bridgehead atoms. The van der Waals surface area contributed by atoms with Gasteiger partial charge in [-0.25, -0.2) is 9.59 Å². The first-order valence-corrected chi connectivity index (χ1v) is 8.54. The lowest BCUT2D eigenvalue weighted by Crippen LogP contribution is -2.08. The van der Waals surface area contributed by atoms with Crippen molar-refractivity contribution in [3.63, 3.8) is 0 Å². The number of rotatable bonds is 8. The van der Waals surface area contributed by atoms with Crippen LogP contribution in [0.15, 0.2) is 24.3 Å². The van der Waals surface area contributed by atoms with Gasteiger partial charge in [0.05, 0.1) is 24.3 Å². The third-order valence-electron chi connectivity index (χ3n) is 3.87. The maximum absolute atomic E-state index is 11.8. The lowest BCUT2D eigenvalue weighted by molar-refractivity contribution is 0.0477. The maximum Gasteiger partial charge on any atom is 0.338 e. The van der Waals surface area contributed by atoms with E-state index in [9.17, 15) is 40.2 Å². The van der Waals surface area contributed by atoms with Gasteiger partial charge in [0.1, 0.15) is 0 Å². The van der Waals surface area contributed by atoms with Crippen LogP contribution in [0.25, 0.3) is 0 Å². The van der Waals surface area contributed by atoms with Crippen molar-refractivity contribution in [3.05, 3.63) is 35.4 Å². The van der Waals surface area contributed by atoms with E-state index >= 15 is 0 Å². The zero-order valence-electron chi connectivity index (χ0n) is 15.2. The van der Waals surface area contributed by atoms with Crippen LogP contribution in [0.2, 0.25) is 0 Å². The predicted octanol–water partition coefficient (Wildman–Crippen LogP) is 2.10. The first-order chi connectivity index (χ1) is 13.7. The largest absolute Gasteiger partial charge is 0.504 e. The number of carbonyl (C=O) groups excluding carboxylic acids is 2. The fraction of sp³-hybridized carbons (Fsp3) is 0.263. The van der Waals surface area contributed by atoms with Crippen LogP contribution in [0.1, 0.15) is 40.0 Å². The van der Waals surface area contributed by atoms with Crippen molar-refractivity contribution in [2.45, 2.75) is 19.3 Å². The summed E-state index contributed by atoms with van der Waals surface area (Å²) in [5, 5.41) is 56.0. The van der Waals surface area contributed by atoms with Crippen LogP contribution in [-0.4, -0.2) is 55.8 Å². The molecule has 0 radical (unpaired) electrons. The van der Waals surface area contributed by atoms with Crippen molar-refractivity contribution >= 4 is 11.9 Å². The van der Waals surface area contributed by atoms with Gasteiger partial charge in [-0.1, -0.05) is 0 Å². The molecule has 0 spiro atoms. The molecule has 10 nitrogen and oxygen atoms in total. The molecule has 0 saturated carbocycles. The molecule has 0 unspecified atom stereocenters. The number of phenolic OH excluding ortho intramolecular Hbond substituents is 6. The Morgan fingerprint density at radius 3 is 1.21 bits per heavy atom. The first-order valence-electron chi connectivity index (χ1n) is 8.54. The lowest BCUT2D eigenvalue weighted by Gasteiger charge is -2.08. The molecule has 0 fully saturated rings. The molecule has 156 valence electrons. The Balaban J connectivity index is 1.67. The minimum atomic E-state index is -0.783. The quantitative estimate of drug-likeness (QED) is 0.216. The molecule has 0 aliphatic rings. The predicted molar refractivity (Wildman–Crippen MR) is 97.3 cm³/mol. The van der Waals surface area contributed by atoms with Crippen molar-refractivity contribution < 1.29 is 49.7 Å². The Labute approximate surface area is 164 Å². The van der Waals surface area contributed by atoms with Crippen molar-refractivity contribution in [1.29, 1.82) is 0 Å². The molecular weight excluding hydrogens is 388 g/mol. The fourth-order valence-electron chi connectivity index (χ4n) is 2.32. The second kappa shape index (κ2) is 9.40. The standard InChI is InChI=1S/C19H20O10/c20-12-6-10(7-13(21)16(12)24)18(26)28-4-2-1-3-5-29-19(27)11-8-14(22)17(25)15(23)9-11/h6-9,20-25H,1-5H2. The van der Waals surface area contributed by atoms with E-state index in [0.29, 0.717) is 19.3 Å². The summed E-state index contributed by atoms with van der Waals surface area (Å²) < 4.78 is 9.97. The Morgan fingerprint density at radius 2 is 0.897 bits per heavy atom. The summed E-state index contributed by atoms with van der Waals surface area (Å²) in [7, 11) is 0. The second-order valence-corrected chi connectivity index (χ2v) is 6.06. The van der Waals surface area contributed by atoms with E-state index < -0.39 is 46.4 Å². The fourth-order valence-corrected chi connectivity index (χ4v) is 2.32. The van der Waals surface area contributed by atoms with Crippen LogP contribution in [0.5, 0.6) is 34.5 Å². The molecule has 6 N–H and O–H groups in total. The van der Waals surface area contributed by atoms with Gasteiger partial charge in [0.2, 0.25) is 0 Å². The highest BCUT2D eigenvalue weighted by Crippen LogP contribution is 2.36. The van der Waals surface area contributed by atoms with Crippen LogP contribution >= 0.6 is 0 Å². The van der Waals surface area contributed by atoms with Gasteiger partial charge in [-0.05, 0) is 43.5 Å². The van der Waals surface area contributed by atoms with Gasteiger partial charge >= 0.3 is 11.9 Å². The van der Waals surface area contributed by atoms with Crippen LogP contribution in [0.4, 0.5) is 0 Å². The second-order valence-electron chi connectivity index (χ2n) is 6.06. The van der Waals surface area contributed by atoms with Crippen molar-refractivity contribution in [2.75, 3.05) is 13.2 Å². The van der Waals surface area contributed by atoms with Gasteiger partial charge in [0.15, 0.2) is 34.5 Å². The molecular formula is C19H20O10. The molecule has 0 amide bonds. The number of esters is 2. The molecule has 0 aliphatic carbocycles. The summed E-state index contributed by atoms with van der Waals surface area (Å²) in [6, 6.07) is 3.87. The molecule has 0 heterocycles. The number of carbonyl (C=O) groups is 2. The molecule has 2 rings (SSSR count). The van der Waals surface area contributed by atoms with E-state index in [-0.39, 0.29) is 24.3 Å². The normalized spacial score (nSPS) is 10.5. The number of unbranched alkanes of at least 4 members (excludes halogenated alkanes) is 2. The first kappa shape index (κ1) is 21.5. The Bertz CT molecular complexity index is 786. The summed E-state index contributed by atoms with van der Waals surface area (Å²) >= 11 is 0. The lowest BCUT2D eigenvalue weighted by atomic mass is 10.2. The molecule has 2 aromatic rings. The summed E-state index contributed by atoms with van der Waals surface area (Å²) in [4.78, 5) is 23.6. The maximum atomic E-state index is 11.8. The van der Waals surface area contributed by atoms with E-state index in [1.807, 2.05) is 0 Å². The van der Waals surface area contributed by atoms with Gasteiger partial charge in [0, 0.05) is 0 Å². The Morgan fingerprint density at radius 1 is 0.586 bits per heavy atom. The topological polar surface area (TPSA) is 174 Å². The van der Waals surface area contributed by atoms with E-state index in [2.05, 4.69) is 0 Å². The molecule has 0 aliphatic heterocycles. The zero-order chi connectivity index (χ0) is 21.6. The van der Waals surface area contributed by atoms with Crippen molar-refractivity contribution in [3.8, 4) is 34.5 Å². The van der Waals surface area contributed by atoms with Gasteiger partial charge in [-0.3, -0.25) is 0 Å². The number of aromatic hydroxyl groups is 6. The number of hydrogen-bond donors (Lipinski definition) is 6. The van der Waals surface area contributed by atoms with Crippen LogP contribution in [-0.2, 0) is 9.47 Å². The summed E-state index contributed by atoms with van der Waals surface area (Å²) in [5.74, 6) is -5.60. The van der Waals surface area contributed by atoms with Gasteiger partial charge < -0.3 is 40.1 Å². The third kappa shape index (κ3) is 5.58. The Hall–Kier alpha value is -3.82. The monoisotopic (exact) mass is 408 g/mol. The van der Waals surface area contributed by atoms with Crippen LogP contribution in [0, 0.1) is 0 Å². The highest BCUT2D eigenvalue weighted by molar-refractivity contribution is 5.91. The van der Waals surface area contributed by atoms with Crippen LogP contribution in [0.3, 0.4) is 0 Å². The summed E-state index contributed by atoms with van der Waals surface area (Å²) in [6.45, 7) is 0.101. The van der Waals surface area contributed by atoms with Crippen molar-refractivity contribution in [2.24, 2.45) is 0 Å². The third-order valence-corrected chi connectivity index (χ3v) is 3.87. The Kier molecular flexibility index (Phi) is 6.96. The minimum absolute atomic E-state index is 0.0505. The molecule has 10 heteroatoms. The average Bonchev–Trinajstić information content (AvgIpc) is 2.68. The number of phenols is 6. The van der Waals surface area contributed by atoms with Crippen molar-refractivity contribution in [1.82, 2.24) is 0 Å². The zero-order valence-corrected chi connectivity index (χ0v) is 15.2. The van der Waals surface area contributed by atoms with E-state index in [4.69, 9.17) is 9.47 Å². The number of hydrogen-bond acceptors (Lipinski definition) is 10. The number of ether oxygens (including phenoxy) is 2. The van der Waals surface area contributed by atoms with E-state index in [0.717, 1.165) is 24.3 Å². The molecule has 0 saturated heterocycles. The van der Waals surface area contributed by atoms with Crippen LogP contribution < -0.4 is 0 Å². The smallest absolute Gasteiger partial charge is 0.338 e. The van der Waals surface area contributed by atoms with Gasteiger partial charge in [-0.2, -0.15) is 0 Å². The minimum Gasteiger partial charge on any atom is -0.504 e. The summed E-state index contributed by atoms with van der Waals surface area (Å²) in [6.07, 6.45) is 1.47. The van der Waals surface area contributed by atoms with Gasteiger partial charge in [-0.15, -0.1) is 0 Å². The highest BCUT2D eigenvalue weighted by Gasteiger charge is 2.15. The average molecular weight is 408 g/mol. The molecule has 2 aromatic carbocycles. The van der Waals surface area contributed by atoms with E-state index in [1.54, 1.807) is 0 Å².